The van der Waals surface area contributed by atoms with Crippen LogP contribution in [-0.2, 0) is 0 Å². The van der Waals surface area contributed by atoms with Crippen molar-refractivity contribution in [3.05, 3.63) is 33.9 Å². The summed E-state index contributed by atoms with van der Waals surface area (Å²) in [6.45, 7) is 2.59. The lowest BCUT2D eigenvalue weighted by Crippen LogP contribution is -2.34. The standard InChI is InChI=1S/C14H19N3O4/c1-14(19)5-2-7-16(8-6-14)13(18)11-9-10(15)3-4-12(11)17(20)21/h3-4,9,19H,2,5-8,15H2,1H3. The van der Waals surface area contributed by atoms with Crippen LogP contribution in [0.25, 0.3) is 0 Å². The summed E-state index contributed by atoms with van der Waals surface area (Å²) < 4.78 is 0. The molecule has 1 amide bonds. The molecule has 1 aliphatic heterocycles. The second-order valence-corrected chi connectivity index (χ2v) is 5.68. The van der Waals surface area contributed by atoms with E-state index in [2.05, 4.69) is 0 Å². The third kappa shape index (κ3) is 3.49. The number of rotatable bonds is 2. The summed E-state index contributed by atoms with van der Waals surface area (Å²) >= 11 is 0. The highest BCUT2D eigenvalue weighted by Gasteiger charge is 2.30. The molecule has 0 aliphatic carbocycles. The van der Waals surface area contributed by atoms with Crippen LogP contribution in [0.3, 0.4) is 0 Å². The van der Waals surface area contributed by atoms with Crippen molar-refractivity contribution < 1.29 is 14.8 Å². The van der Waals surface area contributed by atoms with E-state index in [1.165, 1.54) is 18.2 Å². The van der Waals surface area contributed by atoms with Gasteiger partial charge in [0.05, 0.1) is 10.5 Å². The molecule has 114 valence electrons. The number of nitrogens with zero attached hydrogens (tertiary/aromatic N) is 2. The topological polar surface area (TPSA) is 110 Å². The van der Waals surface area contributed by atoms with Crippen LogP contribution in [-0.4, -0.2) is 39.5 Å². The predicted molar refractivity (Wildman–Crippen MR) is 77.9 cm³/mol. The first-order chi connectivity index (χ1) is 9.80. The summed E-state index contributed by atoms with van der Waals surface area (Å²) in [6, 6.07) is 3.99. The zero-order valence-electron chi connectivity index (χ0n) is 11.9. The van der Waals surface area contributed by atoms with Crippen LogP contribution in [0.15, 0.2) is 18.2 Å². The van der Waals surface area contributed by atoms with Gasteiger partial charge >= 0.3 is 0 Å². The highest BCUT2D eigenvalue weighted by molar-refractivity contribution is 5.99. The normalized spacial score (nSPS) is 22.7. The highest BCUT2D eigenvalue weighted by Crippen LogP contribution is 2.26. The van der Waals surface area contributed by atoms with E-state index in [0.717, 1.165) is 0 Å². The Morgan fingerprint density at radius 3 is 2.81 bits per heavy atom. The zero-order chi connectivity index (χ0) is 15.6. The number of likely N-dealkylation sites (tertiary alicyclic amines) is 1. The van der Waals surface area contributed by atoms with Gasteiger partial charge in [-0.1, -0.05) is 0 Å². The molecule has 0 radical (unpaired) electrons. The van der Waals surface area contributed by atoms with E-state index >= 15 is 0 Å². The minimum atomic E-state index is -0.795. The molecule has 7 nitrogen and oxygen atoms in total. The third-order valence-corrected chi connectivity index (χ3v) is 3.80. The van der Waals surface area contributed by atoms with Crippen molar-refractivity contribution >= 4 is 17.3 Å². The summed E-state index contributed by atoms with van der Waals surface area (Å²) in [4.78, 5) is 24.5. The number of anilines is 1. The molecule has 1 aromatic carbocycles. The van der Waals surface area contributed by atoms with Gasteiger partial charge in [-0.3, -0.25) is 14.9 Å². The molecule has 1 aromatic rings. The van der Waals surface area contributed by atoms with Gasteiger partial charge in [0, 0.05) is 24.8 Å². The quantitative estimate of drug-likeness (QED) is 0.488. The van der Waals surface area contributed by atoms with Gasteiger partial charge in [-0.2, -0.15) is 0 Å². The molecule has 7 heteroatoms. The molecular formula is C14H19N3O4. The lowest BCUT2D eigenvalue weighted by molar-refractivity contribution is -0.385. The number of nitro benzene ring substituents is 1. The highest BCUT2D eigenvalue weighted by atomic mass is 16.6. The summed E-state index contributed by atoms with van der Waals surface area (Å²) in [5.41, 5.74) is 4.91. The monoisotopic (exact) mass is 293 g/mol. The molecule has 21 heavy (non-hydrogen) atoms. The van der Waals surface area contributed by atoms with E-state index in [1.54, 1.807) is 11.8 Å². The molecular weight excluding hydrogens is 274 g/mol. The van der Waals surface area contributed by atoms with Gasteiger partial charge in [-0.15, -0.1) is 0 Å². The molecule has 0 bridgehead atoms. The molecule has 3 N–H and O–H groups in total. The summed E-state index contributed by atoms with van der Waals surface area (Å²) in [7, 11) is 0. The van der Waals surface area contributed by atoms with Gasteiger partial charge in [-0.05, 0) is 38.3 Å². The van der Waals surface area contributed by atoms with E-state index in [0.29, 0.717) is 38.0 Å². The molecule has 1 aliphatic rings. The van der Waals surface area contributed by atoms with Crippen LogP contribution in [0.4, 0.5) is 11.4 Å². The van der Waals surface area contributed by atoms with E-state index in [4.69, 9.17) is 5.73 Å². The van der Waals surface area contributed by atoms with Gasteiger partial charge in [0.25, 0.3) is 11.6 Å². The molecule has 0 saturated carbocycles. The van der Waals surface area contributed by atoms with E-state index < -0.39 is 16.4 Å². The second kappa shape index (κ2) is 5.69. The Labute approximate surface area is 122 Å². The predicted octanol–water partition coefficient (Wildman–Crippen LogP) is 1.55. The molecule has 1 heterocycles. The molecule has 1 unspecified atom stereocenters. The maximum absolute atomic E-state index is 12.5. The minimum Gasteiger partial charge on any atom is -0.399 e. The molecule has 1 atom stereocenters. The third-order valence-electron chi connectivity index (χ3n) is 3.80. The zero-order valence-corrected chi connectivity index (χ0v) is 11.9. The number of hydrogen-bond donors (Lipinski definition) is 2. The van der Waals surface area contributed by atoms with Gasteiger partial charge in [0.1, 0.15) is 5.56 Å². The van der Waals surface area contributed by atoms with E-state index in [-0.39, 0.29) is 11.3 Å². The lowest BCUT2D eigenvalue weighted by atomic mass is 9.98. The number of nitro groups is 1. The molecule has 2 rings (SSSR count). The van der Waals surface area contributed by atoms with Crippen LogP contribution < -0.4 is 5.73 Å². The first kappa shape index (κ1) is 15.2. The van der Waals surface area contributed by atoms with E-state index in [1.807, 2.05) is 0 Å². The summed E-state index contributed by atoms with van der Waals surface area (Å²) in [5.74, 6) is -0.410. The van der Waals surface area contributed by atoms with Gasteiger partial charge in [0.15, 0.2) is 0 Å². The Hall–Kier alpha value is -2.15. The Balaban J connectivity index is 2.27. The van der Waals surface area contributed by atoms with Crippen LogP contribution in [0.5, 0.6) is 0 Å². The number of nitrogens with two attached hydrogens (primary N) is 1. The minimum absolute atomic E-state index is 0.00143. The van der Waals surface area contributed by atoms with Crippen LogP contribution in [0.2, 0.25) is 0 Å². The largest absolute Gasteiger partial charge is 0.399 e. The van der Waals surface area contributed by atoms with Crippen molar-refractivity contribution in [1.29, 1.82) is 0 Å². The average Bonchev–Trinajstić information content (AvgIpc) is 2.58. The number of hydrogen-bond acceptors (Lipinski definition) is 5. The average molecular weight is 293 g/mol. The van der Waals surface area contributed by atoms with Crippen molar-refractivity contribution in [2.45, 2.75) is 31.8 Å². The second-order valence-electron chi connectivity index (χ2n) is 5.68. The van der Waals surface area contributed by atoms with Crippen molar-refractivity contribution in [3.63, 3.8) is 0 Å². The number of amides is 1. The van der Waals surface area contributed by atoms with Crippen LogP contribution in [0, 0.1) is 10.1 Å². The van der Waals surface area contributed by atoms with Crippen LogP contribution in [0.1, 0.15) is 36.5 Å². The fourth-order valence-corrected chi connectivity index (χ4v) is 2.52. The van der Waals surface area contributed by atoms with Crippen LogP contribution >= 0.6 is 0 Å². The maximum atomic E-state index is 12.5. The molecule has 0 spiro atoms. The number of carbonyl (C=O) groups excluding carboxylic acids is 1. The smallest absolute Gasteiger partial charge is 0.282 e. The summed E-state index contributed by atoms with van der Waals surface area (Å²) in [6.07, 6.45) is 1.72. The Morgan fingerprint density at radius 1 is 1.43 bits per heavy atom. The maximum Gasteiger partial charge on any atom is 0.282 e. The number of nitrogen functional groups attached to an aromatic ring is 1. The van der Waals surface area contributed by atoms with E-state index in [9.17, 15) is 20.0 Å². The summed E-state index contributed by atoms with van der Waals surface area (Å²) in [5, 5.41) is 21.1. The molecule has 1 saturated heterocycles. The number of benzene rings is 1. The first-order valence-electron chi connectivity index (χ1n) is 6.86. The fraction of sp³-hybridized carbons (Fsp3) is 0.500. The Kier molecular flexibility index (Phi) is 4.13. The Bertz CT molecular complexity index is 571. The first-order valence-corrected chi connectivity index (χ1v) is 6.86. The molecule has 1 fully saturated rings. The SMILES string of the molecule is CC1(O)CCCN(C(=O)c2cc(N)ccc2[N+](=O)[O-])CC1. The lowest BCUT2D eigenvalue weighted by Gasteiger charge is -2.22. The number of aliphatic hydroxyl groups is 1. The molecule has 0 aromatic heterocycles. The number of carbonyl (C=O) groups is 1. The van der Waals surface area contributed by atoms with Crippen molar-refractivity contribution in [3.8, 4) is 0 Å². The Morgan fingerprint density at radius 2 is 2.14 bits per heavy atom. The van der Waals surface area contributed by atoms with Crippen molar-refractivity contribution in [1.82, 2.24) is 4.90 Å². The van der Waals surface area contributed by atoms with Gasteiger partial charge < -0.3 is 15.7 Å². The van der Waals surface area contributed by atoms with Gasteiger partial charge in [0.2, 0.25) is 0 Å². The van der Waals surface area contributed by atoms with Crippen molar-refractivity contribution in [2.24, 2.45) is 0 Å². The van der Waals surface area contributed by atoms with Gasteiger partial charge in [-0.25, -0.2) is 0 Å². The van der Waals surface area contributed by atoms with Crippen molar-refractivity contribution in [2.75, 3.05) is 18.8 Å². The fourth-order valence-electron chi connectivity index (χ4n) is 2.52.